The van der Waals surface area contributed by atoms with E-state index in [-0.39, 0.29) is 38.2 Å². The molecule has 0 amide bonds. The van der Waals surface area contributed by atoms with Crippen LogP contribution in [0.2, 0.25) is 15.1 Å². The third-order valence-electron chi connectivity index (χ3n) is 4.10. The fourth-order valence-electron chi connectivity index (χ4n) is 2.71. The van der Waals surface area contributed by atoms with Gasteiger partial charge in [-0.05, 0) is 19.1 Å². The molecule has 29 heavy (non-hydrogen) atoms. The van der Waals surface area contributed by atoms with Crippen molar-refractivity contribution in [2.75, 3.05) is 0 Å². The molecule has 0 aliphatic heterocycles. The van der Waals surface area contributed by atoms with E-state index in [9.17, 15) is 10.1 Å². The van der Waals surface area contributed by atoms with Crippen LogP contribution in [0.5, 0.6) is 0 Å². The van der Waals surface area contributed by atoms with Crippen molar-refractivity contribution in [3.05, 3.63) is 54.5 Å². The van der Waals surface area contributed by atoms with Crippen molar-refractivity contribution in [3.63, 3.8) is 0 Å². The Morgan fingerprint density at radius 3 is 2.34 bits per heavy atom. The number of halogens is 3. The highest BCUT2D eigenvalue weighted by Crippen LogP contribution is 2.33. The number of aryl methyl sites for hydroxylation is 1. The summed E-state index contributed by atoms with van der Waals surface area (Å²) in [5.74, 6) is 0.103. The molecule has 0 radical (unpaired) electrons. The van der Waals surface area contributed by atoms with Crippen LogP contribution in [0, 0.1) is 18.3 Å². The normalized spacial score (nSPS) is 11.9. The lowest BCUT2D eigenvalue weighted by Gasteiger charge is -2.15. The summed E-state index contributed by atoms with van der Waals surface area (Å²) in [6.45, 7) is 7.48. The molecule has 150 valence electrons. The molecule has 2 aromatic heterocycles. The smallest absolute Gasteiger partial charge is 0.293 e. The predicted octanol–water partition coefficient (Wildman–Crippen LogP) is 5.74. The molecule has 1 aromatic carbocycles. The van der Waals surface area contributed by atoms with Crippen LogP contribution in [-0.2, 0) is 5.41 Å². The molecule has 2 heterocycles. The summed E-state index contributed by atoms with van der Waals surface area (Å²) < 4.78 is 1.17. The second-order valence-corrected chi connectivity index (χ2v) is 8.55. The standard InChI is InChI=1S/C18H16Cl3N7O/c1-8-13(23-25-16-10(7-22)15(24-26-16)18(2,3)4)17(29)28(27-8)14-11(20)5-9(19)6-12(14)21/h5-6,27H,1-4H3,(H,24,26). The number of azo groups is 1. The molecule has 3 rings (SSSR count). The zero-order valence-electron chi connectivity index (χ0n) is 15.9. The quantitative estimate of drug-likeness (QED) is 0.493. The number of H-pyrrole nitrogens is 2. The number of benzene rings is 1. The topological polar surface area (TPSA) is 115 Å². The average Bonchev–Trinajstić information content (AvgIpc) is 3.13. The minimum Gasteiger partial charge on any atom is -0.293 e. The first-order chi connectivity index (χ1) is 13.5. The van der Waals surface area contributed by atoms with Crippen molar-refractivity contribution in [2.24, 2.45) is 10.2 Å². The highest BCUT2D eigenvalue weighted by molar-refractivity contribution is 6.40. The zero-order valence-corrected chi connectivity index (χ0v) is 18.2. The Bertz CT molecular complexity index is 1200. The third kappa shape index (κ3) is 3.94. The Kier molecular flexibility index (Phi) is 5.59. The van der Waals surface area contributed by atoms with Crippen LogP contribution in [-0.4, -0.2) is 20.0 Å². The maximum atomic E-state index is 12.9. The SMILES string of the molecule is Cc1[nH]n(-c2c(Cl)cc(Cl)cc2Cl)c(=O)c1N=Nc1n[nH]c(C(C)(C)C)c1C#N. The van der Waals surface area contributed by atoms with Gasteiger partial charge in [0.15, 0.2) is 5.69 Å². The van der Waals surface area contributed by atoms with Gasteiger partial charge in [0.2, 0.25) is 5.82 Å². The number of aromatic nitrogens is 4. The monoisotopic (exact) mass is 451 g/mol. The summed E-state index contributed by atoms with van der Waals surface area (Å²) in [6.07, 6.45) is 0. The van der Waals surface area contributed by atoms with E-state index in [2.05, 4.69) is 31.6 Å². The fourth-order valence-corrected chi connectivity index (χ4v) is 3.70. The third-order valence-corrected chi connectivity index (χ3v) is 4.89. The first kappa shape index (κ1) is 21.1. The maximum absolute atomic E-state index is 12.9. The van der Waals surface area contributed by atoms with E-state index in [1.54, 1.807) is 6.92 Å². The van der Waals surface area contributed by atoms with E-state index in [0.717, 1.165) is 0 Å². The lowest BCUT2D eigenvalue weighted by molar-refractivity contribution is 0.565. The van der Waals surface area contributed by atoms with Gasteiger partial charge < -0.3 is 0 Å². The zero-order chi connectivity index (χ0) is 21.5. The molecule has 0 fully saturated rings. The molecule has 0 unspecified atom stereocenters. The fraction of sp³-hybridized carbons (Fsp3) is 0.278. The molecule has 0 saturated heterocycles. The van der Waals surface area contributed by atoms with Crippen LogP contribution in [0.25, 0.3) is 5.69 Å². The second kappa shape index (κ2) is 7.67. The van der Waals surface area contributed by atoms with Crippen LogP contribution in [0.15, 0.2) is 27.2 Å². The lowest BCUT2D eigenvalue weighted by atomic mass is 9.90. The summed E-state index contributed by atoms with van der Waals surface area (Å²) in [4.78, 5) is 12.9. The van der Waals surface area contributed by atoms with E-state index >= 15 is 0 Å². The molecule has 0 aliphatic rings. The van der Waals surface area contributed by atoms with Crippen molar-refractivity contribution in [3.8, 4) is 11.8 Å². The number of aromatic amines is 2. The van der Waals surface area contributed by atoms with Crippen LogP contribution in [0.3, 0.4) is 0 Å². The van der Waals surface area contributed by atoms with Gasteiger partial charge in [0.25, 0.3) is 5.56 Å². The Labute approximate surface area is 181 Å². The van der Waals surface area contributed by atoms with Gasteiger partial charge in [0.1, 0.15) is 17.3 Å². The highest BCUT2D eigenvalue weighted by atomic mass is 35.5. The number of rotatable bonds is 3. The summed E-state index contributed by atoms with van der Waals surface area (Å²) >= 11 is 18.3. The highest BCUT2D eigenvalue weighted by Gasteiger charge is 2.24. The van der Waals surface area contributed by atoms with Crippen molar-refractivity contribution < 1.29 is 0 Å². The summed E-state index contributed by atoms with van der Waals surface area (Å²) in [5, 5.41) is 28.0. The minimum absolute atomic E-state index is 0.0382. The molecule has 0 aliphatic carbocycles. The Balaban J connectivity index is 2.07. The minimum atomic E-state index is -0.512. The van der Waals surface area contributed by atoms with Crippen molar-refractivity contribution >= 4 is 46.3 Å². The predicted molar refractivity (Wildman–Crippen MR) is 112 cm³/mol. The van der Waals surface area contributed by atoms with Crippen LogP contribution >= 0.6 is 34.8 Å². The molecular formula is C18H16Cl3N7O. The van der Waals surface area contributed by atoms with Crippen molar-refractivity contribution in [2.45, 2.75) is 33.1 Å². The second-order valence-electron chi connectivity index (χ2n) is 7.30. The Morgan fingerprint density at radius 2 is 1.79 bits per heavy atom. The molecule has 0 spiro atoms. The van der Waals surface area contributed by atoms with Crippen molar-refractivity contribution in [1.82, 2.24) is 20.0 Å². The molecule has 0 saturated carbocycles. The molecule has 3 aromatic rings. The number of nitrogens with one attached hydrogen (secondary N) is 2. The van der Waals surface area contributed by atoms with Crippen LogP contribution in [0.4, 0.5) is 11.5 Å². The molecule has 2 N–H and O–H groups in total. The summed E-state index contributed by atoms with van der Waals surface area (Å²) in [7, 11) is 0. The van der Waals surface area contributed by atoms with Crippen molar-refractivity contribution in [1.29, 1.82) is 5.26 Å². The number of hydrogen-bond donors (Lipinski definition) is 2. The number of nitrogens with zero attached hydrogens (tertiary/aromatic N) is 5. The van der Waals surface area contributed by atoms with Gasteiger partial charge in [-0.2, -0.15) is 10.4 Å². The van der Waals surface area contributed by atoms with E-state index < -0.39 is 5.56 Å². The number of nitriles is 1. The maximum Gasteiger partial charge on any atom is 0.299 e. The van der Waals surface area contributed by atoms with Gasteiger partial charge in [-0.25, -0.2) is 4.68 Å². The van der Waals surface area contributed by atoms with E-state index in [1.807, 2.05) is 20.8 Å². The average molecular weight is 453 g/mol. The number of hydrogen-bond acceptors (Lipinski definition) is 5. The van der Waals surface area contributed by atoms with Gasteiger partial charge in [-0.3, -0.25) is 15.0 Å². The first-order valence-electron chi connectivity index (χ1n) is 8.41. The molecule has 11 heteroatoms. The van der Waals surface area contributed by atoms with Crippen LogP contribution in [0.1, 0.15) is 37.7 Å². The van der Waals surface area contributed by atoms with E-state index in [4.69, 9.17) is 34.8 Å². The molecular weight excluding hydrogens is 437 g/mol. The first-order valence-corrected chi connectivity index (χ1v) is 9.55. The summed E-state index contributed by atoms with van der Waals surface area (Å²) in [5.41, 5.74) is 0.796. The lowest BCUT2D eigenvalue weighted by Crippen LogP contribution is -2.15. The van der Waals surface area contributed by atoms with E-state index in [0.29, 0.717) is 16.4 Å². The molecule has 0 bridgehead atoms. The Morgan fingerprint density at radius 1 is 1.17 bits per heavy atom. The molecule has 0 atom stereocenters. The van der Waals surface area contributed by atoms with Gasteiger partial charge in [0, 0.05) is 10.4 Å². The van der Waals surface area contributed by atoms with Crippen LogP contribution < -0.4 is 5.56 Å². The Hall–Kier alpha value is -2.60. The molecule has 8 nitrogen and oxygen atoms in total. The van der Waals surface area contributed by atoms with Gasteiger partial charge in [-0.1, -0.05) is 55.6 Å². The summed E-state index contributed by atoms with van der Waals surface area (Å²) in [6, 6.07) is 5.04. The van der Waals surface area contributed by atoms with Gasteiger partial charge >= 0.3 is 0 Å². The van der Waals surface area contributed by atoms with Gasteiger partial charge in [0.05, 0.1) is 21.4 Å². The largest absolute Gasteiger partial charge is 0.299 e. The van der Waals surface area contributed by atoms with Gasteiger partial charge in [-0.15, -0.1) is 10.2 Å². The van der Waals surface area contributed by atoms with E-state index in [1.165, 1.54) is 16.8 Å².